The molecule has 0 aliphatic rings. The van der Waals surface area contributed by atoms with Gasteiger partial charge in [0.15, 0.2) is 5.65 Å². The number of anilines is 1. The lowest BCUT2D eigenvalue weighted by Gasteiger charge is -2.16. The Labute approximate surface area is 194 Å². The van der Waals surface area contributed by atoms with Crippen molar-refractivity contribution in [3.8, 4) is 0 Å². The molecule has 0 spiro atoms. The van der Waals surface area contributed by atoms with Crippen LogP contribution in [0.2, 0.25) is 0 Å². The van der Waals surface area contributed by atoms with Crippen molar-refractivity contribution in [2.45, 2.75) is 45.6 Å². The van der Waals surface area contributed by atoms with E-state index >= 15 is 0 Å². The largest absolute Gasteiger partial charge is 0.336 e. The quantitative estimate of drug-likeness (QED) is 0.370. The number of unbranched alkanes of at least 4 members (excludes halogenated alkanes) is 1. The molecule has 2 aromatic carbocycles. The lowest BCUT2D eigenvalue weighted by molar-refractivity contribution is -0.114. The molecule has 0 saturated heterocycles. The summed E-state index contributed by atoms with van der Waals surface area (Å²) in [7, 11) is 0. The second kappa shape index (κ2) is 9.86. The first-order valence-corrected chi connectivity index (χ1v) is 11.2. The molecule has 9 heteroatoms. The monoisotopic (exact) mass is 463 g/mol. The van der Waals surface area contributed by atoms with Gasteiger partial charge in [-0.2, -0.15) is 0 Å². The molecule has 3 N–H and O–H groups in total. The number of fused-ring (bicyclic) bond motifs is 1. The van der Waals surface area contributed by atoms with E-state index in [9.17, 15) is 18.8 Å². The van der Waals surface area contributed by atoms with Crippen molar-refractivity contribution < 1.29 is 9.18 Å². The van der Waals surface area contributed by atoms with E-state index in [1.54, 1.807) is 30.3 Å². The first-order chi connectivity index (χ1) is 16.4. The number of carbonyl (C=O) groups is 1. The molecular formula is C25H26FN5O3. The number of aryl methyl sites for hydroxylation is 1. The van der Waals surface area contributed by atoms with Crippen LogP contribution in [0.3, 0.4) is 0 Å². The molecule has 0 fully saturated rings. The van der Waals surface area contributed by atoms with Crippen molar-refractivity contribution >= 4 is 22.8 Å². The number of benzene rings is 2. The van der Waals surface area contributed by atoms with Crippen molar-refractivity contribution in [2.75, 3.05) is 5.32 Å². The predicted molar refractivity (Wildman–Crippen MR) is 129 cm³/mol. The molecule has 0 radical (unpaired) electrons. The van der Waals surface area contributed by atoms with E-state index < -0.39 is 17.2 Å². The third kappa shape index (κ3) is 4.83. The van der Waals surface area contributed by atoms with Gasteiger partial charge >= 0.3 is 5.69 Å². The predicted octanol–water partition coefficient (Wildman–Crippen LogP) is 3.69. The van der Waals surface area contributed by atoms with E-state index in [4.69, 9.17) is 0 Å². The van der Waals surface area contributed by atoms with Crippen LogP contribution >= 0.6 is 0 Å². The number of hydrogen-bond donors (Lipinski definition) is 3. The molecule has 4 rings (SSSR count). The number of nitrogens with one attached hydrogen (secondary N) is 3. The number of imidazole rings is 1. The molecule has 0 aliphatic carbocycles. The van der Waals surface area contributed by atoms with Gasteiger partial charge in [-0.25, -0.2) is 14.2 Å². The summed E-state index contributed by atoms with van der Waals surface area (Å²) in [5.74, 6) is -0.495. The van der Waals surface area contributed by atoms with Gasteiger partial charge in [0.1, 0.15) is 17.2 Å². The van der Waals surface area contributed by atoms with Gasteiger partial charge in [-0.1, -0.05) is 43.7 Å². The number of amides is 1. The van der Waals surface area contributed by atoms with E-state index in [-0.39, 0.29) is 29.3 Å². The average Bonchev–Trinajstić information content (AvgIpc) is 3.24. The van der Waals surface area contributed by atoms with Gasteiger partial charge in [0, 0.05) is 25.1 Å². The highest BCUT2D eigenvalue weighted by Crippen LogP contribution is 2.29. The number of rotatable bonds is 8. The van der Waals surface area contributed by atoms with E-state index in [1.165, 1.54) is 17.6 Å². The third-order valence-electron chi connectivity index (χ3n) is 5.73. The minimum absolute atomic E-state index is 0.183. The van der Waals surface area contributed by atoms with Crippen molar-refractivity contribution in [2.24, 2.45) is 0 Å². The van der Waals surface area contributed by atoms with Crippen LogP contribution in [0, 0.1) is 5.82 Å². The standard InChI is InChI=1S/C25H26FN5O3/c1-3-4-13-31-23-21(24(33)30-25(31)34)28-22(29-23)19(14-17-7-5-6-8-20(17)26)16-9-11-18(12-10-16)27-15(2)32/h5-12,19H,3-4,13-14H2,1-2H3,(H,27,32)(H,28,29)(H,30,33,34). The fourth-order valence-electron chi connectivity index (χ4n) is 4.01. The summed E-state index contributed by atoms with van der Waals surface area (Å²) in [5.41, 5.74) is 1.39. The average molecular weight is 464 g/mol. The summed E-state index contributed by atoms with van der Waals surface area (Å²) in [6.45, 7) is 3.87. The Balaban J connectivity index is 1.83. The zero-order valence-corrected chi connectivity index (χ0v) is 19.0. The Bertz CT molecular complexity index is 1440. The highest BCUT2D eigenvalue weighted by molar-refractivity contribution is 5.88. The summed E-state index contributed by atoms with van der Waals surface area (Å²) in [4.78, 5) is 46.4. The maximum atomic E-state index is 14.5. The third-order valence-corrected chi connectivity index (χ3v) is 5.73. The Morgan fingerprint density at radius 3 is 2.53 bits per heavy atom. The van der Waals surface area contributed by atoms with E-state index in [1.807, 2.05) is 19.1 Å². The molecule has 34 heavy (non-hydrogen) atoms. The number of carbonyl (C=O) groups excluding carboxylic acids is 1. The number of aromatic amines is 2. The maximum Gasteiger partial charge on any atom is 0.330 e. The summed E-state index contributed by atoms with van der Waals surface area (Å²) in [5, 5.41) is 2.73. The van der Waals surface area contributed by atoms with Crippen LogP contribution in [0.25, 0.3) is 11.2 Å². The van der Waals surface area contributed by atoms with Crippen LogP contribution in [0.4, 0.5) is 10.1 Å². The van der Waals surface area contributed by atoms with E-state index in [0.29, 0.717) is 23.6 Å². The van der Waals surface area contributed by atoms with Crippen LogP contribution in [0.1, 0.15) is 49.6 Å². The molecule has 4 aromatic rings. The van der Waals surface area contributed by atoms with E-state index in [0.717, 1.165) is 18.4 Å². The topological polar surface area (TPSA) is 113 Å². The molecule has 1 amide bonds. The van der Waals surface area contributed by atoms with Crippen LogP contribution in [-0.4, -0.2) is 25.4 Å². The van der Waals surface area contributed by atoms with Crippen LogP contribution in [0.15, 0.2) is 58.1 Å². The van der Waals surface area contributed by atoms with E-state index in [2.05, 4.69) is 20.3 Å². The SMILES string of the molecule is CCCCn1c(=O)[nH]c(=O)c2[nH]c(C(Cc3ccccc3F)c3ccc(NC(C)=O)cc3)nc21. The van der Waals surface area contributed by atoms with Gasteiger partial charge in [-0.3, -0.25) is 19.1 Å². The Morgan fingerprint density at radius 1 is 1.12 bits per heavy atom. The smallest absolute Gasteiger partial charge is 0.330 e. The summed E-state index contributed by atoms with van der Waals surface area (Å²) >= 11 is 0. The van der Waals surface area contributed by atoms with Crippen LogP contribution < -0.4 is 16.6 Å². The fraction of sp³-hybridized carbons (Fsp3) is 0.280. The molecule has 0 saturated carbocycles. The molecule has 2 aromatic heterocycles. The lowest BCUT2D eigenvalue weighted by Crippen LogP contribution is -2.30. The minimum Gasteiger partial charge on any atom is -0.336 e. The number of nitrogens with zero attached hydrogens (tertiary/aromatic N) is 2. The molecule has 8 nitrogen and oxygen atoms in total. The molecule has 0 aliphatic heterocycles. The van der Waals surface area contributed by atoms with Gasteiger partial charge in [-0.15, -0.1) is 0 Å². The summed E-state index contributed by atoms with van der Waals surface area (Å²) < 4.78 is 16.0. The number of aromatic nitrogens is 4. The van der Waals surface area contributed by atoms with Gasteiger partial charge < -0.3 is 10.3 Å². The number of halogens is 1. The summed E-state index contributed by atoms with van der Waals surface area (Å²) in [6, 6.07) is 13.7. The zero-order chi connectivity index (χ0) is 24.2. The first-order valence-electron chi connectivity index (χ1n) is 11.2. The highest BCUT2D eigenvalue weighted by atomic mass is 19.1. The number of hydrogen-bond acceptors (Lipinski definition) is 4. The minimum atomic E-state index is -0.544. The van der Waals surface area contributed by atoms with Crippen LogP contribution in [0.5, 0.6) is 0 Å². The molecule has 1 unspecified atom stereocenters. The van der Waals surface area contributed by atoms with Crippen LogP contribution in [-0.2, 0) is 17.8 Å². The molecule has 1 atom stereocenters. The first kappa shape index (κ1) is 23.2. The molecule has 0 bridgehead atoms. The highest BCUT2D eigenvalue weighted by Gasteiger charge is 2.23. The Morgan fingerprint density at radius 2 is 1.85 bits per heavy atom. The Kier molecular flexibility index (Phi) is 6.72. The van der Waals surface area contributed by atoms with Gasteiger partial charge in [-0.05, 0) is 42.2 Å². The van der Waals surface area contributed by atoms with Crippen molar-refractivity contribution in [3.05, 3.63) is 92.1 Å². The lowest BCUT2D eigenvalue weighted by atomic mass is 9.91. The molecular weight excluding hydrogens is 437 g/mol. The molecule has 176 valence electrons. The fourth-order valence-corrected chi connectivity index (χ4v) is 4.01. The van der Waals surface area contributed by atoms with Gasteiger partial charge in [0.05, 0.1) is 0 Å². The van der Waals surface area contributed by atoms with Gasteiger partial charge in [0.2, 0.25) is 5.91 Å². The molecule has 2 heterocycles. The summed E-state index contributed by atoms with van der Waals surface area (Å²) in [6.07, 6.45) is 1.91. The Hall–Kier alpha value is -4.01. The second-order valence-electron chi connectivity index (χ2n) is 8.24. The number of H-pyrrole nitrogens is 2. The van der Waals surface area contributed by atoms with Crippen molar-refractivity contribution in [1.82, 2.24) is 19.5 Å². The zero-order valence-electron chi connectivity index (χ0n) is 19.0. The van der Waals surface area contributed by atoms with Crippen molar-refractivity contribution in [1.29, 1.82) is 0 Å². The van der Waals surface area contributed by atoms with Crippen molar-refractivity contribution in [3.63, 3.8) is 0 Å². The second-order valence-corrected chi connectivity index (χ2v) is 8.24. The van der Waals surface area contributed by atoms with Gasteiger partial charge in [0.25, 0.3) is 5.56 Å². The normalized spacial score (nSPS) is 12.1. The maximum absolute atomic E-state index is 14.5.